The zero-order valence-electron chi connectivity index (χ0n) is 24.9. The Kier molecular flexibility index (Phi) is 14.4. The van der Waals surface area contributed by atoms with Crippen molar-refractivity contribution < 1.29 is 58.5 Å². The molecule has 0 aromatic heterocycles. The average molecular weight is 697 g/mol. The van der Waals surface area contributed by atoms with Crippen molar-refractivity contribution in [2.45, 2.75) is 26.7 Å². The molecule has 0 saturated carbocycles. The van der Waals surface area contributed by atoms with Crippen molar-refractivity contribution >= 4 is 14.0 Å². The Balaban J connectivity index is 0.000000201. The molecule has 0 heterocycles. The molecule has 0 unspecified atom stereocenters. The van der Waals surface area contributed by atoms with Crippen molar-refractivity contribution in [1.29, 1.82) is 0 Å². The summed E-state index contributed by atoms with van der Waals surface area (Å²) in [7, 11) is 0. The van der Waals surface area contributed by atoms with Gasteiger partial charge in [-0.25, -0.2) is 12.2 Å². The van der Waals surface area contributed by atoms with Gasteiger partial charge in [-0.05, 0) is 17.5 Å². The fourth-order valence-electron chi connectivity index (χ4n) is 5.10. The molecule has 5 aromatic carbocycles. The van der Waals surface area contributed by atoms with Crippen molar-refractivity contribution in [2.24, 2.45) is 0 Å². The molecule has 2 aliphatic rings. The molecule has 222 valence electrons. The predicted molar refractivity (Wildman–Crippen MR) is 171 cm³/mol. The first-order chi connectivity index (χ1) is 20.7. The minimum atomic E-state index is 0. The van der Waals surface area contributed by atoms with Gasteiger partial charge in [0.05, 0.1) is 0 Å². The monoisotopic (exact) mass is 694 g/mol. The van der Waals surface area contributed by atoms with Crippen molar-refractivity contribution in [1.82, 2.24) is 0 Å². The predicted octanol–water partition coefficient (Wildman–Crippen LogP) is 3.12. The Morgan fingerprint density at radius 1 is 0.727 bits per heavy atom. The summed E-state index contributed by atoms with van der Waals surface area (Å²) in [6.07, 6.45) is 11.0. The second-order valence-corrected chi connectivity index (χ2v) is 11.1. The maximum atomic E-state index is 5.47. The summed E-state index contributed by atoms with van der Waals surface area (Å²) in [6, 6.07) is 39.3. The quantitative estimate of drug-likeness (QED) is 0.250. The van der Waals surface area contributed by atoms with Crippen molar-refractivity contribution in [3.8, 4) is 22.6 Å². The van der Waals surface area contributed by atoms with Crippen LogP contribution in [-0.4, -0.2) is 16.4 Å². The van der Waals surface area contributed by atoms with Crippen LogP contribution in [0.4, 0.5) is 0 Å². The molecule has 0 saturated heterocycles. The minimum absolute atomic E-state index is 0. The Bertz CT molecular complexity index is 1650. The van der Waals surface area contributed by atoms with Gasteiger partial charge < -0.3 is 24.8 Å². The van der Waals surface area contributed by atoms with E-state index in [1.165, 1.54) is 71.6 Å². The molecular weight excluding hydrogens is 663 g/mol. The molecule has 44 heavy (non-hydrogen) atoms. The zero-order chi connectivity index (χ0) is 29.1. The smallest absolute Gasteiger partial charge is 0.0246 e. The summed E-state index contributed by atoms with van der Waals surface area (Å²) >= 11 is 1.40. The van der Waals surface area contributed by atoms with Crippen LogP contribution in [0.5, 0.6) is 11.5 Å². The number of halogens is 2. The van der Waals surface area contributed by atoms with Gasteiger partial charge in [-0.15, -0.1) is 47.0 Å². The van der Waals surface area contributed by atoms with Gasteiger partial charge in [-0.2, -0.15) is 6.08 Å². The normalized spacial score (nSPS) is 11.5. The van der Waals surface area contributed by atoms with Gasteiger partial charge in [0, 0.05) is 0 Å². The van der Waals surface area contributed by atoms with Gasteiger partial charge in [0.1, 0.15) is 0 Å². The van der Waals surface area contributed by atoms with Crippen molar-refractivity contribution in [3.63, 3.8) is 0 Å². The van der Waals surface area contributed by atoms with E-state index in [9.17, 15) is 0 Å². The van der Waals surface area contributed by atoms with Gasteiger partial charge in [0.25, 0.3) is 0 Å². The molecule has 7 rings (SSSR count). The van der Waals surface area contributed by atoms with E-state index in [2.05, 4.69) is 91.0 Å². The molecule has 0 N–H and O–H groups in total. The van der Waals surface area contributed by atoms with E-state index in [0.717, 1.165) is 24.3 Å². The molecule has 0 amide bonds. The maximum absolute atomic E-state index is 5.47. The summed E-state index contributed by atoms with van der Waals surface area (Å²) in [5.41, 5.74) is 8.14. The molecule has 0 spiro atoms. The van der Waals surface area contributed by atoms with Gasteiger partial charge in [0.15, 0.2) is 0 Å². The van der Waals surface area contributed by atoms with Crippen LogP contribution in [0.2, 0.25) is 0 Å². The zero-order valence-corrected chi connectivity index (χ0v) is 28.9. The molecule has 5 aromatic rings. The molecule has 0 aliphatic heterocycles. The Morgan fingerprint density at radius 3 is 1.91 bits per heavy atom. The van der Waals surface area contributed by atoms with E-state index in [0.29, 0.717) is 13.2 Å². The largest absolute Gasteiger partial charge is 1.00 e. The minimum Gasteiger partial charge on any atom is -1.00 e. The van der Waals surface area contributed by atoms with E-state index in [1.54, 1.807) is 0 Å². The van der Waals surface area contributed by atoms with E-state index in [1.807, 2.05) is 56.3 Å². The van der Waals surface area contributed by atoms with Crippen LogP contribution >= 0.6 is 0 Å². The topological polar surface area (TPSA) is 18.5 Å². The third-order valence-corrected chi connectivity index (χ3v) is 8.53. The number of allylic oxidation sites excluding steroid dienone is 4. The van der Waals surface area contributed by atoms with Crippen LogP contribution in [0.25, 0.3) is 21.9 Å². The van der Waals surface area contributed by atoms with E-state index in [-0.39, 0.29) is 24.8 Å². The number of ether oxygens (including phenoxy) is 2. The first kappa shape index (κ1) is 35.3. The van der Waals surface area contributed by atoms with E-state index >= 15 is 0 Å². The van der Waals surface area contributed by atoms with Gasteiger partial charge in [-0.1, -0.05) is 42.0 Å². The molecule has 2 nitrogen and oxygen atoms in total. The summed E-state index contributed by atoms with van der Waals surface area (Å²) in [4.78, 5) is 0. The molecule has 0 fully saturated rings. The van der Waals surface area contributed by atoms with Crippen LogP contribution in [0.1, 0.15) is 42.5 Å². The summed E-state index contributed by atoms with van der Waals surface area (Å²) < 4.78 is 12.3. The van der Waals surface area contributed by atoms with Crippen LogP contribution < -0.4 is 34.3 Å². The Morgan fingerprint density at radius 2 is 1.36 bits per heavy atom. The molecule has 5 heteroatoms. The summed E-state index contributed by atoms with van der Waals surface area (Å²) in [6.45, 7) is 5.39. The average Bonchev–Trinajstić information content (AvgIpc) is 3.75. The van der Waals surface area contributed by atoms with Crippen LogP contribution in [0, 0.1) is 12.1 Å². The Labute approximate surface area is 289 Å². The second-order valence-electron chi connectivity index (χ2n) is 9.85. The molecule has 0 atom stereocenters. The van der Waals surface area contributed by atoms with Gasteiger partial charge in [-0.3, -0.25) is 6.08 Å². The first-order valence-corrected chi connectivity index (χ1v) is 15.7. The number of benzene rings is 5. The number of hydrogen-bond donors (Lipinski definition) is 0. The van der Waals surface area contributed by atoms with Crippen molar-refractivity contribution in [2.75, 3.05) is 13.2 Å². The number of hydrogen-bond acceptors (Lipinski definition) is 2. The molecule has 2 aliphatic carbocycles. The van der Waals surface area contributed by atoms with E-state index < -0.39 is 0 Å². The fourth-order valence-corrected chi connectivity index (χ4v) is 5.92. The Hall–Kier alpha value is -3.23. The van der Waals surface area contributed by atoms with Crippen molar-refractivity contribution in [3.05, 3.63) is 156 Å². The van der Waals surface area contributed by atoms with Crippen LogP contribution in [-0.2, 0) is 30.7 Å². The maximum Gasteiger partial charge on any atom is -0.0246 e. The third-order valence-electron chi connectivity index (χ3n) is 7.11. The first-order valence-electron chi connectivity index (χ1n) is 14.4. The van der Waals surface area contributed by atoms with Crippen LogP contribution in [0.15, 0.2) is 121 Å². The summed E-state index contributed by atoms with van der Waals surface area (Å²) in [5.74, 6) is 1.85. The molecular formula is C39H34Cl2O2Zr-2. The standard InChI is InChI=1S/C17H18O2.C17H11.C5H5.2ClH.Zr/c1-3-18-16-9-5-14(6-10-16)13-15-7-11-17(12-8-15)19-4-2;1-3-7-14-12(5-1)9-10-16-15-8-4-2-6-13(15)11-17(14)16;1-2-4-5-3-1;;;/h5-12H,3-4H2,1-2H3;1-6,8-10H,11H2;1-3H,4H2;2*1H;/q;2*-1;;;+2/p-2. The second kappa shape index (κ2) is 17.9. The molecule has 0 bridgehead atoms. The van der Waals surface area contributed by atoms with E-state index in [4.69, 9.17) is 9.47 Å². The SMILES string of the molecule is CCOc1ccc([C](=[Zr+2])c2ccc(OCC)cc2)cc1.[C-]1=CC=CC1.[Cl-].[Cl-].[c-]1cccc2ccc3c(c12)Cc1ccccc1-3. The number of rotatable bonds is 6. The number of fused-ring (bicyclic) bond motifs is 5. The fraction of sp³-hybridized carbons (Fsp3) is 0.154. The third kappa shape index (κ3) is 8.92. The van der Waals surface area contributed by atoms with Gasteiger partial charge in [0.2, 0.25) is 0 Å². The molecule has 0 radical (unpaired) electrons. The summed E-state index contributed by atoms with van der Waals surface area (Å²) in [5, 5.41) is 2.57. The van der Waals surface area contributed by atoms with Crippen LogP contribution in [0.3, 0.4) is 0 Å². The van der Waals surface area contributed by atoms with Gasteiger partial charge >= 0.3 is 135 Å².